The van der Waals surface area contributed by atoms with Crippen LogP contribution in [0.3, 0.4) is 0 Å². The molecular weight excluding hydrogens is 295 g/mol. The Balaban J connectivity index is 0.00000128. The van der Waals surface area contributed by atoms with E-state index in [0.717, 1.165) is 12.8 Å². The molecule has 1 aliphatic carbocycles. The van der Waals surface area contributed by atoms with Gasteiger partial charge in [-0.3, -0.25) is 4.79 Å². The van der Waals surface area contributed by atoms with E-state index in [1.807, 2.05) is 0 Å². The van der Waals surface area contributed by atoms with E-state index in [1.54, 1.807) is 6.07 Å². The lowest BCUT2D eigenvalue weighted by molar-refractivity contribution is 0.0933. The predicted molar refractivity (Wildman–Crippen MR) is 66.7 cm³/mol. The van der Waals surface area contributed by atoms with Gasteiger partial charge in [0.25, 0.3) is 5.91 Å². The molecule has 1 aromatic rings. The summed E-state index contributed by atoms with van der Waals surface area (Å²) in [7, 11) is 0. The highest BCUT2D eigenvalue weighted by molar-refractivity contribution is 9.10. The highest BCUT2D eigenvalue weighted by Gasteiger charge is 2.31. The molecule has 16 heavy (non-hydrogen) atoms. The Morgan fingerprint density at radius 3 is 2.81 bits per heavy atom. The first-order valence-corrected chi connectivity index (χ1v) is 5.75. The summed E-state index contributed by atoms with van der Waals surface area (Å²) in [5.41, 5.74) is 6.13. The fraction of sp³-hybridized carbons (Fsp3) is 0.500. The number of hydrogen-bond acceptors (Lipinski definition) is 3. The smallest absolute Gasteiger partial charge is 0.254 e. The quantitative estimate of drug-likeness (QED) is 0.893. The van der Waals surface area contributed by atoms with E-state index >= 15 is 0 Å². The average molecular weight is 310 g/mol. The lowest BCUT2D eigenvalue weighted by atomic mass is 10.2. The van der Waals surface area contributed by atoms with Crippen LogP contribution in [0.25, 0.3) is 0 Å². The number of carbonyl (C=O) groups excluding carboxylic acids is 1. The molecule has 0 bridgehead atoms. The summed E-state index contributed by atoms with van der Waals surface area (Å²) in [6, 6.07) is 1.75. The molecule has 1 fully saturated rings. The van der Waals surface area contributed by atoms with E-state index in [4.69, 9.17) is 10.2 Å². The zero-order valence-corrected chi connectivity index (χ0v) is 11.0. The Kier molecular flexibility index (Phi) is 4.83. The van der Waals surface area contributed by atoms with Gasteiger partial charge in [-0.2, -0.15) is 0 Å². The molecule has 0 saturated heterocycles. The highest BCUT2D eigenvalue weighted by atomic mass is 79.9. The van der Waals surface area contributed by atoms with E-state index in [-0.39, 0.29) is 24.4 Å². The van der Waals surface area contributed by atoms with Gasteiger partial charge >= 0.3 is 0 Å². The zero-order valence-electron chi connectivity index (χ0n) is 8.61. The molecule has 4 nitrogen and oxygen atoms in total. The van der Waals surface area contributed by atoms with Crippen molar-refractivity contribution >= 4 is 34.2 Å². The van der Waals surface area contributed by atoms with Crippen molar-refractivity contribution in [3.63, 3.8) is 0 Å². The molecule has 1 amide bonds. The number of furan rings is 1. The third kappa shape index (κ3) is 3.23. The minimum absolute atomic E-state index is 0. The molecule has 1 unspecified atom stereocenters. The summed E-state index contributed by atoms with van der Waals surface area (Å²) in [5.74, 6) is 0.445. The summed E-state index contributed by atoms with van der Waals surface area (Å²) < 4.78 is 5.56. The van der Waals surface area contributed by atoms with Crippen molar-refractivity contribution in [1.29, 1.82) is 0 Å². The van der Waals surface area contributed by atoms with Crippen LogP contribution in [0.15, 0.2) is 21.4 Å². The van der Waals surface area contributed by atoms with Crippen molar-refractivity contribution in [2.75, 3.05) is 6.54 Å². The molecule has 1 saturated carbocycles. The molecule has 1 aliphatic rings. The molecule has 0 radical (unpaired) electrons. The Morgan fingerprint density at radius 1 is 1.69 bits per heavy atom. The molecule has 0 aliphatic heterocycles. The minimum Gasteiger partial charge on any atom is -0.457 e. The van der Waals surface area contributed by atoms with Gasteiger partial charge in [-0.15, -0.1) is 12.4 Å². The number of nitrogens with one attached hydrogen (secondary N) is 1. The van der Waals surface area contributed by atoms with Crippen LogP contribution in [0.4, 0.5) is 0 Å². The van der Waals surface area contributed by atoms with Crippen molar-refractivity contribution in [3.05, 3.63) is 22.6 Å². The number of halogens is 2. The van der Waals surface area contributed by atoms with Crippen LogP contribution in [0.1, 0.15) is 23.2 Å². The number of amides is 1. The average Bonchev–Trinajstić information content (AvgIpc) is 2.97. The summed E-state index contributed by atoms with van der Waals surface area (Å²) in [5, 5.41) is 2.91. The zero-order chi connectivity index (χ0) is 10.8. The highest BCUT2D eigenvalue weighted by Crippen LogP contribution is 2.32. The lowest BCUT2D eigenvalue weighted by Crippen LogP contribution is -2.41. The Bertz CT molecular complexity index is 365. The van der Waals surface area contributed by atoms with E-state index in [2.05, 4.69) is 21.2 Å². The second kappa shape index (κ2) is 5.70. The van der Waals surface area contributed by atoms with Gasteiger partial charge in [0.1, 0.15) is 6.26 Å². The third-order valence-corrected chi connectivity index (χ3v) is 3.01. The molecule has 0 spiro atoms. The molecular formula is C10H14BrClN2O2. The van der Waals surface area contributed by atoms with Crippen LogP contribution in [-0.2, 0) is 0 Å². The summed E-state index contributed by atoms with van der Waals surface area (Å²) in [6.45, 7) is 0.495. The largest absolute Gasteiger partial charge is 0.457 e. The Hall–Kier alpha value is -0.520. The van der Waals surface area contributed by atoms with Crippen LogP contribution >= 0.6 is 28.3 Å². The molecule has 0 aromatic carbocycles. The summed E-state index contributed by atoms with van der Waals surface area (Å²) in [6.07, 6.45) is 3.76. The maximum absolute atomic E-state index is 11.7. The molecule has 6 heteroatoms. The van der Waals surface area contributed by atoms with Gasteiger partial charge in [-0.1, -0.05) is 0 Å². The fourth-order valence-corrected chi connectivity index (χ4v) is 1.89. The Labute approximate surface area is 108 Å². The van der Waals surface area contributed by atoms with E-state index < -0.39 is 0 Å². The van der Waals surface area contributed by atoms with Gasteiger partial charge in [-0.05, 0) is 34.7 Å². The van der Waals surface area contributed by atoms with Crippen molar-refractivity contribution in [1.82, 2.24) is 5.32 Å². The topological polar surface area (TPSA) is 68.3 Å². The lowest BCUT2D eigenvalue weighted by Gasteiger charge is -2.14. The third-order valence-electron chi connectivity index (χ3n) is 2.59. The molecule has 2 rings (SSSR count). The first kappa shape index (κ1) is 13.5. The number of rotatable bonds is 4. The molecule has 90 valence electrons. The SMILES string of the molecule is Cl.NCC(NC(=O)c1coc(Br)c1)C1CC1. The van der Waals surface area contributed by atoms with Crippen molar-refractivity contribution in [2.45, 2.75) is 18.9 Å². The van der Waals surface area contributed by atoms with Gasteiger partial charge < -0.3 is 15.5 Å². The van der Waals surface area contributed by atoms with Crippen molar-refractivity contribution in [2.24, 2.45) is 11.7 Å². The van der Waals surface area contributed by atoms with Crippen LogP contribution in [-0.4, -0.2) is 18.5 Å². The van der Waals surface area contributed by atoms with Crippen molar-refractivity contribution in [3.8, 4) is 0 Å². The maximum Gasteiger partial charge on any atom is 0.254 e. The number of hydrogen-bond donors (Lipinski definition) is 2. The van der Waals surface area contributed by atoms with Crippen LogP contribution < -0.4 is 11.1 Å². The van der Waals surface area contributed by atoms with Gasteiger partial charge in [0.15, 0.2) is 4.67 Å². The molecule has 1 heterocycles. The molecule has 1 atom stereocenters. The van der Waals surface area contributed by atoms with E-state index in [0.29, 0.717) is 22.7 Å². The summed E-state index contributed by atoms with van der Waals surface area (Å²) >= 11 is 3.15. The predicted octanol–water partition coefficient (Wildman–Crippen LogP) is 1.93. The van der Waals surface area contributed by atoms with Crippen LogP contribution in [0.2, 0.25) is 0 Å². The van der Waals surface area contributed by atoms with Crippen LogP contribution in [0.5, 0.6) is 0 Å². The second-order valence-corrected chi connectivity index (χ2v) is 4.57. The standard InChI is InChI=1S/C10H13BrN2O2.ClH/c11-9-3-7(5-15-9)10(14)13-8(4-12)6-1-2-6;/h3,5-6,8H,1-2,4,12H2,(H,13,14);1H. The molecule has 1 aromatic heterocycles. The minimum atomic E-state index is -0.119. The van der Waals surface area contributed by atoms with E-state index in [1.165, 1.54) is 6.26 Å². The van der Waals surface area contributed by atoms with Gasteiger partial charge in [0.05, 0.1) is 5.56 Å². The van der Waals surface area contributed by atoms with E-state index in [9.17, 15) is 4.79 Å². The first-order valence-electron chi connectivity index (χ1n) is 4.95. The van der Waals surface area contributed by atoms with Gasteiger partial charge in [0, 0.05) is 18.7 Å². The molecule has 3 N–H and O–H groups in total. The first-order chi connectivity index (χ1) is 7.20. The fourth-order valence-electron chi connectivity index (χ4n) is 1.55. The van der Waals surface area contributed by atoms with Gasteiger partial charge in [-0.25, -0.2) is 0 Å². The Morgan fingerprint density at radius 2 is 2.38 bits per heavy atom. The van der Waals surface area contributed by atoms with Crippen molar-refractivity contribution < 1.29 is 9.21 Å². The second-order valence-electron chi connectivity index (χ2n) is 3.79. The number of nitrogens with two attached hydrogens (primary N) is 1. The van der Waals surface area contributed by atoms with Crippen LogP contribution in [0, 0.1) is 5.92 Å². The number of carbonyl (C=O) groups is 1. The van der Waals surface area contributed by atoms with Gasteiger partial charge in [0.2, 0.25) is 0 Å². The summed E-state index contributed by atoms with van der Waals surface area (Å²) in [4.78, 5) is 11.7. The maximum atomic E-state index is 11.7. The monoisotopic (exact) mass is 308 g/mol. The normalized spacial score (nSPS) is 16.4.